The molecule has 0 radical (unpaired) electrons. The zero-order chi connectivity index (χ0) is 11.4. The molecule has 0 aliphatic heterocycles. The lowest BCUT2D eigenvalue weighted by molar-refractivity contribution is 0.191. The van der Waals surface area contributed by atoms with Gasteiger partial charge in [-0.3, -0.25) is 0 Å². The molecule has 0 aliphatic carbocycles. The van der Waals surface area contributed by atoms with Crippen LogP contribution in [0.4, 0.5) is 0 Å². The van der Waals surface area contributed by atoms with Gasteiger partial charge in [0.2, 0.25) is 9.04 Å². The van der Waals surface area contributed by atoms with E-state index in [4.69, 9.17) is 4.43 Å². The Hall–Kier alpha value is -0.423. The molecule has 0 aromatic heterocycles. The molecule has 0 saturated heterocycles. The van der Waals surface area contributed by atoms with Crippen molar-refractivity contribution in [2.24, 2.45) is 17.3 Å². The van der Waals surface area contributed by atoms with Crippen LogP contribution < -0.4 is 0 Å². The molecular weight excluding hydrogens is 188 g/mol. The Kier molecular flexibility index (Phi) is 5.29. The molecule has 0 spiro atoms. The zero-order valence-electron chi connectivity index (χ0n) is 10.6. The summed E-state index contributed by atoms with van der Waals surface area (Å²) in [7, 11) is -0.982. The molecule has 2 heteroatoms. The van der Waals surface area contributed by atoms with Crippen LogP contribution in [0.15, 0.2) is 0 Å². The standard InChI is InChI=1S/C12H24OSi/c1-10(2)12(4,5)11(3)8-9-13-14(6)7/h10-11,14H,1-7H3. The third-order valence-electron chi connectivity index (χ3n) is 3.17. The second-order valence-corrected chi connectivity index (χ2v) is 7.44. The Morgan fingerprint density at radius 3 is 2.00 bits per heavy atom. The van der Waals surface area contributed by atoms with E-state index in [9.17, 15) is 0 Å². The molecule has 0 heterocycles. The summed E-state index contributed by atoms with van der Waals surface area (Å²) in [5, 5.41) is 0. The van der Waals surface area contributed by atoms with Crippen LogP contribution in [0, 0.1) is 29.3 Å². The summed E-state index contributed by atoms with van der Waals surface area (Å²) in [6, 6.07) is 0. The molecule has 0 amide bonds. The van der Waals surface area contributed by atoms with E-state index in [-0.39, 0.29) is 5.41 Å². The first kappa shape index (κ1) is 13.6. The monoisotopic (exact) mass is 212 g/mol. The maximum Gasteiger partial charge on any atom is 0.244 e. The van der Waals surface area contributed by atoms with Gasteiger partial charge in [0.25, 0.3) is 0 Å². The van der Waals surface area contributed by atoms with Crippen LogP contribution in [0.25, 0.3) is 0 Å². The van der Waals surface area contributed by atoms with Gasteiger partial charge in [-0.15, -0.1) is 0 Å². The van der Waals surface area contributed by atoms with Gasteiger partial charge >= 0.3 is 0 Å². The van der Waals surface area contributed by atoms with Crippen molar-refractivity contribution < 1.29 is 4.43 Å². The van der Waals surface area contributed by atoms with Crippen LogP contribution in [0.2, 0.25) is 13.1 Å². The van der Waals surface area contributed by atoms with Crippen molar-refractivity contribution in [3.8, 4) is 12.0 Å². The molecule has 0 saturated carbocycles. The Balaban J connectivity index is 4.30. The third-order valence-corrected chi connectivity index (χ3v) is 3.76. The molecule has 14 heavy (non-hydrogen) atoms. The van der Waals surface area contributed by atoms with Crippen LogP contribution in [-0.2, 0) is 4.43 Å². The van der Waals surface area contributed by atoms with E-state index < -0.39 is 9.04 Å². The van der Waals surface area contributed by atoms with Crippen LogP contribution in [0.1, 0.15) is 34.6 Å². The summed E-state index contributed by atoms with van der Waals surface area (Å²) >= 11 is 0. The second kappa shape index (κ2) is 5.46. The van der Waals surface area contributed by atoms with Crippen LogP contribution in [0.3, 0.4) is 0 Å². The van der Waals surface area contributed by atoms with Crippen molar-refractivity contribution in [2.45, 2.75) is 47.7 Å². The predicted octanol–water partition coefficient (Wildman–Crippen LogP) is 3.27. The van der Waals surface area contributed by atoms with Gasteiger partial charge in [0.15, 0.2) is 0 Å². The van der Waals surface area contributed by atoms with E-state index in [1.165, 1.54) is 0 Å². The first-order valence-corrected chi connectivity index (χ1v) is 8.22. The maximum absolute atomic E-state index is 5.37. The van der Waals surface area contributed by atoms with Crippen molar-refractivity contribution >= 4 is 9.04 Å². The molecule has 0 rings (SSSR count). The van der Waals surface area contributed by atoms with Gasteiger partial charge < -0.3 is 4.43 Å². The highest BCUT2D eigenvalue weighted by atomic mass is 28.3. The van der Waals surface area contributed by atoms with Gasteiger partial charge in [-0.05, 0) is 24.4 Å². The van der Waals surface area contributed by atoms with Crippen LogP contribution in [-0.4, -0.2) is 9.04 Å². The number of rotatable bonds is 3. The van der Waals surface area contributed by atoms with Gasteiger partial charge in [0, 0.05) is 5.92 Å². The fourth-order valence-corrected chi connectivity index (χ4v) is 1.23. The minimum absolute atomic E-state index is 0.259. The largest absolute Gasteiger partial charge is 0.505 e. The molecule has 0 aromatic carbocycles. The highest BCUT2D eigenvalue weighted by Gasteiger charge is 2.28. The van der Waals surface area contributed by atoms with E-state index >= 15 is 0 Å². The Bertz CT molecular complexity index is 220. The van der Waals surface area contributed by atoms with Gasteiger partial charge in [-0.25, -0.2) is 0 Å². The maximum atomic E-state index is 5.37. The zero-order valence-corrected chi connectivity index (χ0v) is 11.8. The van der Waals surface area contributed by atoms with Gasteiger partial charge in [-0.1, -0.05) is 40.5 Å². The number of hydrogen-bond acceptors (Lipinski definition) is 1. The molecule has 1 unspecified atom stereocenters. The van der Waals surface area contributed by atoms with Gasteiger partial charge in [-0.2, -0.15) is 0 Å². The van der Waals surface area contributed by atoms with Gasteiger partial charge in [0.1, 0.15) is 0 Å². The summed E-state index contributed by atoms with van der Waals surface area (Å²) in [4.78, 5) is 0. The van der Waals surface area contributed by atoms with Crippen molar-refractivity contribution in [3.63, 3.8) is 0 Å². The van der Waals surface area contributed by atoms with E-state index in [2.05, 4.69) is 59.7 Å². The molecule has 0 fully saturated rings. The molecular formula is C12H24OSi. The molecule has 0 aliphatic rings. The first-order valence-electron chi connectivity index (χ1n) is 5.44. The normalized spacial score (nSPS) is 13.8. The smallest absolute Gasteiger partial charge is 0.244 e. The summed E-state index contributed by atoms with van der Waals surface area (Å²) in [6.45, 7) is 15.5. The topological polar surface area (TPSA) is 9.23 Å². The molecule has 1 nitrogen and oxygen atoms in total. The first-order chi connectivity index (χ1) is 6.28. The van der Waals surface area contributed by atoms with Crippen molar-refractivity contribution in [1.82, 2.24) is 0 Å². The lowest BCUT2D eigenvalue weighted by Gasteiger charge is -2.32. The summed E-state index contributed by atoms with van der Waals surface area (Å²) in [6.07, 6.45) is 2.86. The minimum atomic E-state index is -0.982. The van der Waals surface area contributed by atoms with E-state index in [1.807, 2.05) is 0 Å². The van der Waals surface area contributed by atoms with Gasteiger partial charge in [0.05, 0.1) is 6.11 Å². The molecule has 1 atom stereocenters. The van der Waals surface area contributed by atoms with E-state index in [0.717, 1.165) is 0 Å². The summed E-state index contributed by atoms with van der Waals surface area (Å²) in [5.74, 6) is 4.22. The average Bonchev–Trinajstić information content (AvgIpc) is 2.02. The highest BCUT2D eigenvalue weighted by Crippen LogP contribution is 2.34. The second-order valence-electron chi connectivity index (χ2n) is 5.11. The van der Waals surface area contributed by atoms with E-state index in [0.29, 0.717) is 11.8 Å². The minimum Gasteiger partial charge on any atom is -0.505 e. The predicted molar refractivity (Wildman–Crippen MR) is 65.5 cm³/mol. The SMILES string of the molecule is CC(C)C(C)(C)C(C)C#CO[SiH](C)C. The average molecular weight is 212 g/mol. The summed E-state index contributed by atoms with van der Waals surface area (Å²) in [5.41, 5.74) is 0.259. The fraction of sp³-hybridized carbons (Fsp3) is 0.833. The van der Waals surface area contributed by atoms with Crippen LogP contribution >= 0.6 is 0 Å². The molecule has 0 aromatic rings. The molecule has 0 N–H and O–H groups in total. The number of hydrogen-bond donors (Lipinski definition) is 0. The fourth-order valence-electron chi connectivity index (χ4n) is 0.926. The Morgan fingerprint density at radius 1 is 1.14 bits per heavy atom. The molecule has 0 bridgehead atoms. The summed E-state index contributed by atoms with van der Waals surface area (Å²) < 4.78 is 5.37. The van der Waals surface area contributed by atoms with Crippen molar-refractivity contribution in [3.05, 3.63) is 0 Å². The lowest BCUT2D eigenvalue weighted by atomic mass is 9.72. The van der Waals surface area contributed by atoms with Crippen molar-refractivity contribution in [2.75, 3.05) is 0 Å². The van der Waals surface area contributed by atoms with E-state index in [1.54, 1.807) is 0 Å². The molecule has 82 valence electrons. The Labute approximate surface area is 91.0 Å². The highest BCUT2D eigenvalue weighted by molar-refractivity contribution is 6.48. The lowest BCUT2D eigenvalue weighted by Crippen LogP contribution is -2.26. The third kappa shape index (κ3) is 4.19. The van der Waals surface area contributed by atoms with Crippen molar-refractivity contribution in [1.29, 1.82) is 0 Å². The quantitative estimate of drug-likeness (QED) is 0.515. The van der Waals surface area contributed by atoms with Crippen LogP contribution in [0.5, 0.6) is 0 Å². The Morgan fingerprint density at radius 2 is 1.64 bits per heavy atom.